The third kappa shape index (κ3) is 2.94. The van der Waals surface area contributed by atoms with Crippen molar-refractivity contribution >= 4 is 0 Å². The van der Waals surface area contributed by atoms with E-state index in [9.17, 15) is 4.39 Å². The Balaban J connectivity index is 1.32. The zero-order valence-electron chi connectivity index (χ0n) is 12.6. The van der Waals surface area contributed by atoms with Crippen LogP contribution in [0.1, 0.15) is 11.1 Å². The first-order chi connectivity index (χ1) is 10.8. The molecule has 3 heterocycles. The van der Waals surface area contributed by atoms with Crippen LogP contribution in [0.25, 0.3) is 0 Å². The number of nitrogens with zero attached hydrogens (tertiary/aromatic N) is 2. The summed E-state index contributed by atoms with van der Waals surface area (Å²) in [5.74, 6) is 1.36. The highest BCUT2D eigenvalue weighted by Gasteiger charge is 2.39. The predicted molar refractivity (Wildman–Crippen MR) is 82.6 cm³/mol. The second-order valence-electron chi connectivity index (χ2n) is 6.67. The summed E-state index contributed by atoms with van der Waals surface area (Å²) < 4.78 is 18.4. The van der Waals surface area contributed by atoms with Crippen molar-refractivity contribution in [3.63, 3.8) is 0 Å². The molecule has 2 saturated heterocycles. The summed E-state index contributed by atoms with van der Waals surface area (Å²) in [6.07, 6.45) is 3.58. The lowest BCUT2D eigenvalue weighted by atomic mass is 10.0. The van der Waals surface area contributed by atoms with E-state index in [-0.39, 0.29) is 5.82 Å². The largest absolute Gasteiger partial charge is 0.472 e. The Morgan fingerprint density at radius 3 is 2.23 bits per heavy atom. The Morgan fingerprint density at radius 1 is 0.955 bits per heavy atom. The van der Waals surface area contributed by atoms with Crippen LogP contribution in [0.4, 0.5) is 4.39 Å². The Labute approximate surface area is 130 Å². The summed E-state index contributed by atoms with van der Waals surface area (Å²) in [7, 11) is 0. The lowest BCUT2D eigenvalue weighted by Gasteiger charge is -2.21. The molecule has 2 unspecified atom stereocenters. The molecule has 2 fully saturated rings. The van der Waals surface area contributed by atoms with E-state index in [0.717, 1.165) is 56.7 Å². The van der Waals surface area contributed by atoms with Crippen molar-refractivity contribution in [1.82, 2.24) is 9.80 Å². The number of hydrogen-bond donors (Lipinski definition) is 0. The van der Waals surface area contributed by atoms with Gasteiger partial charge in [0.25, 0.3) is 0 Å². The van der Waals surface area contributed by atoms with Gasteiger partial charge in [-0.1, -0.05) is 12.1 Å². The van der Waals surface area contributed by atoms with Gasteiger partial charge < -0.3 is 4.42 Å². The standard InChI is InChI=1S/C18H21FN2O/c19-18-3-1-2-14(6-18)7-20-9-16-11-21(12-17(16)10-20)8-15-4-5-22-13-15/h1-6,13,16-17H,7-12H2. The van der Waals surface area contributed by atoms with E-state index in [1.54, 1.807) is 18.4 Å². The molecule has 3 nitrogen and oxygen atoms in total. The van der Waals surface area contributed by atoms with Gasteiger partial charge in [0.1, 0.15) is 5.82 Å². The minimum atomic E-state index is -0.136. The van der Waals surface area contributed by atoms with Gasteiger partial charge in [-0.2, -0.15) is 0 Å². The van der Waals surface area contributed by atoms with Crippen molar-refractivity contribution in [2.75, 3.05) is 26.2 Å². The number of fused-ring (bicyclic) bond motifs is 1. The molecule has 0 saturated carbocycles. The fourth-order valence-electron chi connectivity index (χ4n) is 3.98. The number of rotatable bonds is 4. The maximum absolute atomic E-state index is 13.3. The fourth-order valence-corrected chi connectivity index (χ4v) is 3.98. The van der Waals surface area contributed by atoms with Crippen molar-refractivity contribution in [2.45, 2.75) is 13.1 Å². The molecular formula is C18H21FN2O. The SMILES string of the molecule is Fc1cccc(CN2CC3CN(Cc4ccoc4)CC3C2)c1. The van der Waals surface area contributed by atoms with E-state index in [1.807, 2.05) is 18.4 Å². The van der Waals surface area contributed by atoms with Gasteiger partial charge in [-0.25, -0.2) is 4.39 Å². The number of likely N-dealkylation sites (tertiary alicyclic amines) is 2. The Bertz CT molecular complexity index is 614. The monoisotopic (exact) mass is 300 g/mol. The van der Waals surface area contributed by atoms with E-state index >= 15 is 0 Å². The van der Waals surface area contributed by atoms with Gasteiger partial charge in [-0.3, -0.25) is 9.80 Å². The van der Waals surface area contributed by atoms with E-state index in [1.165, 1.54) is 11.6 Å². The Morgan fingerprint density at radius 2 is 1.64 bits per heavy atom. The van der Waals surface area contributed by atoms with Crippen LogP contribution in [0.5, 0.6) is 0 Å². The molecule has 2 aliphatic rings. The lowest BCUT2D eigenvalue weighted by molar-refractivity contribution is 0.246. The van der Waals surface area contributed by atoms with Crippen LogP contribution >= 0.6 is 0 Å². The van der Waals surface area contributed by atoms with Gasteiger partial charge in [-0.15, -0.1) is 0 Å². The van der Waals surface area contributed by atoms with Crippen LogP contribution in [0.3, 0.4) is 0 Å². The molecule has 0 amide bonds. The van der Waals surface area contributed by atoms with Gasteiger partial charge >= 0.3 is 0 Å². The average molecular weight is 300 g/mol. The second-order valence-corrected chi connectivity index (χ2v) is 6.67. The van der Waals surface area contributed by atoms with Crippen molar-refractivity contribution in [3.05, 3.63) is 59.8 Å². The summed E-state index contributed by atoms with van der Waals surface area (Å²) >= 11 is 0. The molecule has 2 aliphatic heterocycles. The van der Waals surface area contributed by atoms with E-state index in [2.05, 4.69) is 9.80 Å². The molecule has 116 valence electrons. The topological polar surface area (TPSA) is 19.6 Å². The third-order valence-corrected chi connectivity index (χ3v) is 4.92. The zero-order chi connectivity index (χ0) is 14.9. The van der Waals surface area contributed by atoms with Crippen LogP contribution in [-0.4, -0.2) is 36.0 Å². The van der Waals surface area contributed by atoms with Crippen LogP contribution < -0.4 is 0 Å². The zero-order valence-corrected chi connectivity index (χ0v) is 12.6. The minimum Gasteiger partial charge on any atom is -0.472 e. The van der Waals surface area contributed by atoms with Crippen LogP contribution in [0.15, 0.2) is 47.3 Å². The highest BCUT2D eigenvalue weighted by molar-refractivity contribution is 5.16. The average Bonchev–Trinajstić information content (AvgIpc) is 3.16. The van der Waals surface area contributed by atoms with Crippen molar-refractivity contribution in [1.29, 1.82) is 0 Å². The predicted octanol–water partition coefficient (Wildman–Crippen LogP) is 2.98. The smallest absolute Gasteiger partial charge is 0.123 e. The first kappa shape index (κ1) is 14.0. The molecular weight excluding hydrogens is 279 g/mol. The highest BCUT2D eigenvalue weighted by Crippen LogP contribution is 2.32. The molecule has 2 aromatic rings. The molecule has 1 aromatic carbocycles. The molecule has 0 radical (unpaired) electrons. The molecule has 22 heavy (non-hydrogen) atoms. The first-order valence-electron chi connectivity index (χ1n) is 7.96. The van der Waals surface area contributed by atoms with Crippen molar-refractivity contribution in [3.8, 4) is 0 Å². The maximum atomic E-state index is 13.3. The molecule has 0 N–H and O–H groups in total. The maximum Gasteiger partial charge on any atom is 0.123 e. The second kappa shape index (κ2) is 5.86. The van der Waals surface area contributed by atoms with Gasteiger partial charge in [0.2, 0.25) is 0 Å². The highest BCUT2D eigenvalue weighted by atomic mass is 19.1. The minimum absolute atomic E-state index is 0.136. The van der Waals surface area contributed by atoms with Crippen LogP contribution in [-0.2, 0) is 13.1 Å². The summed E-state index contributed by atoms with van der Waals surface area (Å²) in [4.78, 5) is 5.00. The summed E-state index contributed by atoms with van der Waals surface area (Å²) in [5.41, 5.74) is 2.34. The molecule has 4 rings (SSSR count). The van der Waals surface area contributed by atoms with E-state index < -0.39 is 0 Å². The molecule has 0 aliphatic carbocycles. The number of hydrogen-bond acceptors (Lipinski definition) is 3. The summed E-state index contributed by atoms with van der Waals surface area (Å²) in [6.45, 7) is 6.44. The first-order valence-corrected chi connectivity index (χ1v) is 7.96. The van der Waals surface area contributed by atoms with Gasteiger partial charge in [0, 0.05) is 44.8 Å². The van der Waals surface area contributed by atoms with Gasteiger partial charge in [0.15, 0.2) is 0 Å². The molecule has 2 atom stereocenters. The number of furan rings is 1. The van der Waals surface area contributed by atoms with Gasteiger partial charge in [0.05, 0.1) is 12.5 Å². The number of benzene rings is 1. The Hall–Kier alpha value is -1.65. The summed E-state index contributed by atoms with van der Waals surface area (Å²) in [6, 6.07) is 9.02. The fraction of sp³-hybridized carbons (Fsp3) is 0.444. The molecule has 4 heteroatoms. The molecule has 0 spiro atoms. The van der Waals surface area contributed by atoms with Crippen LogP contribution in [0.2, 0.25) is 0 Å². The van der Waals surface area contributed by atoms with E-state index in [4.69, 9.17) is 4.42 Å². The number of halogens is 1. The van der Waals surface area contributed by atoms with Gasteiger partial charge in [-0.05, 0) is 35.6 Å². The van der Waals surface area contributed by atoms with E-state index in [0.29, 0.717) is 0 Å². The summed E-state index contributed by atoms with van der Waals surface area (Å²) in [5, 5.41) is 0. The normalized spacial score (nSPS) is 25.7. The Kier molecular flexibility index (Phi) is 3.72. The third-order valence-electron chi connectivity index (χ3n) is 4.92. The quantitative estimate of drug-likeness (QED) is 0.865. The molecule has 1 aromatic heterocycles. The van der Waals surface area contributed by atoms with Crippen molar-refractivity contribution in [2.24, 2.45) is 11.8 Å². The van der Waals surface area contributed by atoms with Crippen LogP contribution in [0, 0.1) is 17.7 Å². The van der Waals surface area contributed by atoms with Crippen molar-refractivity contribution < 1.29 is 8.81 Å². The molecule has 0 bridgehead atoms. The lowest BCUT2D eigenvalue weighted by Crippen LogP contribution is -2.28.